The van der Waals surface area contributed by atoms with Crippen LogP contribution < -0.4 is 5.56 Å². The van der Waals surface area contributed by atoms with Crippen molar-refractivity contribution in [3.63, 3.8) is 0 Å². The van der Waals surface area contributed by atoms with Crippen LogP contribution in [0.5, 0.6) is 0 Å². The Bertz CT molecular complexity index is 414. The maximum atomic E-state index is 11.6. The van der Waals surface area contributed by atoms with E-state index >= 15 is 0 Å². The van der Waals surface area contributed by atoms with Gasteiger partial charge in [0.25, 0.3) is 5.56 Å². The Morgan fingerprint density at radius 2 is 2.21 bits per heavy atom. The second-order valence-electron chi connectivity index (χ2n) is 2.85. The van der Waals surface area contributed by atoms with Crippen LogP contribution in [0.2, 0.25) is 0 Å². The fraction of sp³-hybridized carbons (Fsp3) is 0.222. The first kappa shape index (κ1) is 12.1. The van der Waals surface area contributed by atoms with Crippen molar-refractivity contribution in [1.29, 1.82) is 0 Å². The van der Waals surface area contributed by atoms with Gasteiger partial charge in [0, 0.05) is 23.0 Å². The maximum absolute atomic E-state index is 11.6. The van der Waals surface area contributed by atoms with E-state index in [-0.39, 0.29) is 5.56 Å². The van der Waals surface area contributed by atoms with Gasteiger partial charge in [0.2, 0.25) is 0 Å². The Balaban J connectivity index is 3.09. The van der Waals surface area contributed by atoms with E-state index in [0.29, 0.717) is 16.8 Å². The lowest BCUT2D eigenvalue weighted by Crippen LogP contribution is -2.21. The summed E-state index contributed by atoms with van der Waals surface area (Å²) in [5, 5.41) is 0. The molecule has 0 spiro atoms. The Labute approximate surface area is 105 Å². The third-order valence-electron chi connectivity index (χ3n) is 1.63. The van der Waals surface area contributed by atoms with Crippen molar-refractivity contribution in [2.24, 2.45) is 0 Å². The molecule has 1 rings (SSSR count). The van der Waals surface area contributed by atoms with Gasteiger partial charge in [0.15, 0.2) is 0 Å². The maximum Gasteiger partial charge on any atom is 0.265 e. The minimum Gasteiger partial charge on any atom is -0.309 e. The van der Waals surface area contributed by atoms with Gasteiger partial charge in [-0.1, -0.05) is 6.58 Å². The zero-order valence-corrected chi connectivity index (χ0v) is 11.4. The van der Waals surface area contributed by atoms with E-state index in [4.69, 9.17) is 0 Å². The largest absolute Gasteiger partial charge is 0.309 e. The third kappa shape index (κ3) is 3.00. The molecule has 0 amide bonds. The highest BCUT2D eigenvalue weighted by Crippen LogP contribution is 2.13. The lowest BCUT2D eigenvalue weighted by Gasteiger charge is -2.07. The first-order valence-electron chi connectivity index (χ1n) is 3.87. The summed E-state index contributed by atoms with van der Waals surface area (Å²) in [4.78, 5) is 11.6. The van der Waals surface area contributed by atoms with Gasteiger partial charge in [-0.2, -0.15) is 12.6 Å². The van der Waals surface area contributed by atoms with Crippen molar-refractivity contribution in [2.75, 3.05) is 5.75 Å². The number of hydrogen-bond donors (Lipinski definition) is 1. The number of thiol groups is 1. The van der Waals surface area contributed by atoms with Crippen LogP contribution in [0.25, 0.3) is 0 Å². The minimum atomic E-state index is -0.0591. The summed E-state index contributed by atoms with van der Waals surface area (Å²) >= 11 is 10.6. The van der Waals surface area contributed by atoms with Crippen molar-refractivity contribution in [2.45, 2.75) is 6.54 Å². The smallest absolute Gasteiger partial charge is 0.265 e. The number of aromatic nitrogens is 1. The molecule has 0 aliphatic carbocycles. The van der Waals surface area contributed by atoms with Crippen LogP contribution in [0.1, 0.15) is 0 Å². The van der Waals surface area contributed by atoms with Gasteiger partial charge in [-0.25, -0.2) is 0 Å². The van der Waals surface area contributed by atoms with Crippen molar-refractivity contribution in [1.82, 2.24) is 4.57 Å². The van der Waals surface area contributed by atoms with E-state index < -0.39 is 0 Å². The molecule has 0 saturated heterocycles. The number of halogens is 2. The van der Waals surface area contributed by atoms with Crippen molar-refractivity contribution in [3.05, 3.63) is 43.7 Å². The van der Waals surface area contributed by atoms with Gasteiger partial charge < -0.3 is 4.57 Å². The molecule has 0 N–H and O–H groups in total. The monoisotopic (exact) mass is 337 g/mol. The molecule has 0 radical (unpaired) electrons. The second-order valence-corrected chi connectivity index (χ2v) is 4.93. The van der Waals surface area contributed by atoms with Crippen LogP contribution >= 0.6 is 44.5 Å². The van der Waals surface area contributed by atoms with E-state index in [9.17, 15) is 4.79 Å². The number of hydrogen-bond acceptors (Lipinski definition) is 2. The van der Waals surface area contributed by atoms with Crippen molar-refractivity contribution >= 4 is 44.5 Å². The van der Waals surface area contributed by atoms with Crippen LogP contribution in [-0.2, 0) is 6.54 Å². The topological polar surface area (TPSA) is 22.0 Å². The number of nitrogens with zero attached hydrogens (tertiary/aromatic N) is 1. The normalized spacial score (nSPS) is 10.2. The highest BCUT2D eigenvalue weighted by atomic mass is 79.9. The van der Waals surface area contributed by atoms with Gasteiger partial charge in [-0.3, -0.25) is 4.79 Å². The first-order valence-corrected chi connectivity index (χ1v) is 6.09. The molecule has 1 aromatic heterocycles. The molecule has 0 aliphatic heterocycles. The molecule has 0 aliphatic rings. The Hall–Kier alpha value is -0.000000000000000111. The molecule has 0 atom stereocenters. The van der Waals surface area contributed by atoms with E-state index in [1.807, 2.05) is 0 Å². The molecule has 76 valence electrons. The standard InChI is InChI=1S/C9H9Br2NOS/c1-6(5-14)3-12-4-7(10)2-8(11)9(12)13/h2,4,14H,1,3,5H2. The molecule has 0 fully saturated rings. The molecule has 1 aromatic rings. The van der Waals surface area contributed by atoms with Crippen LogP contribution in [0, 0.1) is 0 Å². The Morgan fingerprint density at radius 3 is 2.79 bits per heavy atom. The number of rotatable bonds is 3. The predicted octanol–water partition coefficient (Wildman–Crippen LogP) is 2.86. The van der Waals surface area contributed by atoms with Gasteiger partial charge in [0.1, 0.15) is 0 Å². The highest BCUT2D eigenvalue weighted by Gasteiger charge is 2.03. The van der Waals surface area contributed by atoms with Crippen LogP contribution in [0.15, 0.2) is 38.2 Å². The summed E-state index contributed by atoms with van der Waals surface area (Å²) < 4.78 is 2.99. The molecular weight excluding hydrogens is 330 g/mol. The van der Waals surface area contributed by atoms with Gasteiger partial charge in [0.05, 0.1) is 4.47 Å². The SMILES string of the molecule is C=C(CS)Cn1cc(Br)cc(Br)c1=O. The zero-order valence-electron chi connectivity index (χ0n) is 7.33. The van der Waals surface area contributed by atoms with E-state index in [1.54, 1.807) is 16.8 Å². The fourth-order valence-electron chi connectivity index (χ4n) is 0.973. The number of pyridine rings is 1. The summed E-state index contributed by atoms with van der Waals surface area (Å²) in [5.74, 6) is 0.580. The molecule has 0 saturated carbocycles. The predicted molar refractivity (Wildman–Crippen MR) is 69.1 cm³/mol. The Kier molecular flexibility index (Phi) is 4.47. The van der Waals surface area contributed by atoms with Crippen LogP contribution in [0.3, 0.4) is 0 Å². The summed E-state index contributed by atoms with van der Waals surface area (Å²) in [6.07, 6.45) is 1.74. The molecule has 0 unspecified atom stereocenters. The molecule has 0 bridgehead atoms. The molecule has 5 heteroatoms. The van der Waals surface area contributed by atoms with Gasteiger partial charge >= 0.3 is 0 Å². The minimum absolute atomic E-state index is 0.0591. The van der Waals surface area contributed by atoms with E-state index in [1.165, 1.54) is 0 Å². The average Bonchev–Trinajstić information content (AvgIpc) is 2.13. The Morgan fingerprint density at radius 1 is 1.57 bits per heavy atom. The third-order valence-corrected chi connectivity index (χ3v) is 3.08. The zero-order chi connectivity index (χ0) is 10.7. The van der Waals surface area contributed by atoms with E-state index in [2.05, 4.69) is 51.1 Å². The average molecular weight is 339 g/mol. The molecule has 1 heterocycles. The molecule has 0 aromatic carbocycles. The lowest BCUT2D eigenvalue weighted by atomic mass is 10.3. The van der Waals surface area contributed by atoms with Gasteiger partial charge in [-0.15, -0.1) is 0 Å². The fourth-order valence-corrected chi connectivity index (χ4v) is 2.33. The summed E-state index contributed by atoms with van der Waals surface area (Å²) in [6, 6.07) is 1.72. The molecule has 14 heavy (non-hydrogen) atoms. The van der Waals surface area contributed by atoms with Crippen LogP contribution in [0.4, 0.5) is 0 Å². The quantitative estimate of drug-likeness (QED) is 0.664. The summed E-state index contributed by atoms with van der Waals surface area (Å²) in [6.45, 7) is 4.30. The second kappa shape index (κ2) is 5.19. The summed E-state index contributed by atoms with van der Waals surface area (Å²) in [7, 11) is 0. The van der Waals surface area contributed by atoms with Crippen molar-refractivity contribution < 1.29 is 0 Å². The van der Waals surface area contributed by atoms with E-state index in [0.717, 1.165) is 10.0 Å². The van der Waals surface area contributed by atoms with Crippen molar-refractivity contribution in [3.8, 4) is 0 Å². The lowest BCUT2D eigenvalue weighted by molar-refractivity contribution is 0.743. The first-order chi connectivity index (χ1) is 6.54. The molecule has 2 nitrogen and oxygen atoms in total. The summed E-state index contributed by atoms with van der Waals surface area (Å²) in [5.41, 5.74) is 0.844. The van der Waals surface area contributed by atoms with Gasteiger partial charge in [-0.05, 0) is 43.5 Å². The molecular formula is C9H9Br2NOS. The highest BCUT2D eigenvalue weighted by molar-refractivity contribution is 9.11. The van der Waals surface area contributed by atoms with Crippen LogP contribution in [-0.4, -0.2) is 10.3 Å².